The van der Waals surface area contributed by atoms with Crippen LogP contribution in [0, 0.1) is 6.92 Å². The molecule has 1 atom stereocenters. The summed E-state index contributed by atoms with van der Waals surface area (Å²) in [4.78, 5) is -0.122. The predicted molar refractivity (Wildman–Crippen MR) is 93.6 cm³/mol. The average Bonchev–Trinajstić information content (AvgIpc) is 2.94. The molecule has 2 rings (SSSR count). The Labute approximate surface area is 161 Å². The predicted octanol–water partition coefficient (Wildman–Crippen LogP) is 2.06. The van der Waals surface area contributed by atoms with E-state index in [1.165, 1.54) is 25.1 Å². The number of alkyl halides is 3. The van der Waals surface area contributed by atoms with Crippen molar-refractivity contribution >= 4 is 47.9 Å². The van der Waals surface area contributed by atoms with Crippen LogP contribution in [0.4, 0.5) is 18.3 Å². The summed E-state index contributed by atoms with van der Waals surface area (Å²) >= 11 is 6.45. The molecule has 0 amide bonds. The maximum Gasteiger partial charge on any atom is 0.498 e. The first-order valence-electron chi connectivity index (χ1n) is 6.92. The van der Waals surface area contributed by atoms with Gasteiger partial charge in [-0.2, -0.15) is 13.2 Å². The Hall–Kier alpha value is -1.48. The van der Waals surface area contributed by atoms with E-state index in [0.29, 0.717) is 11.3 Å². The van der Waals surface area contributed by atoms with E-state index < -0.39 is 37.2 Å². The maximum atomic E-state index is 12.5. The van der Waals surface area contributed by atoms with E-state index >= 15 is 0 Å². The van der Waals surface area contributed by atoms with Gasteiger partial charge in [0.05, 0.1) is 4.90 Å². The Morgan fingerprint density at radius 2 is 1.89 bits per heavy atom. The van der Waals surface area contributed by atoms with Crippen LogP contribution >= 0.6 is 22.9 Å². The van der Waals surface area contributed by atoms with Crippen molar-refractivity contribution in [1.82, 2.24) is 10.2 Å². The topological polar surface area (TPSA) is 132 Å². The number of benzene rings is 1. The summed E-state index contributed by atoms with van der Waals surface area (Å²) < 4.78 is 86.8. The molecule has 150 valence electrons. The minimum absolute atomic E-state index is 0.122. The first kappa shape index (κ1) is 21.8. The number of nitrogens with zero attached hydrogens (tertiary/aromatic N) is 2. The van der Waals surface area contributed by atoms with Crippen molar-refractivity contribution < 1.29 is 30.0 Å². The van der Waals surface area contributed by atoms with Gasteiger partial charge in [0.25, 0.3) is 19.9 Å². The zero-order valence-corrected chi connectivity index (χ0v) is 16.6. The van der Waals surface area contributed by atoms with Crippen LogP contribution < -0.4 is 10.5 Å². The third-order valence-corrected chi connectivity index (χ3v) is 7.79. The van der Waals surface area contributed by atoms with Gasteiger partial charge in [-0.25, -0.2) is 16.8 Å². The molecule has 0 bridgehead atoms. The van der Waals surface area contributed by atoms with Crippen molar-refractivity contribution in [3.05, 3.63) is 33.8 Å². The van der Waals surface area contributed by atoms with Crippen molar-refractivity contribution in [3.63, 3.8) is 0 Å². The van der Waals surface area contributed by atoms with Gasteiger partial charge in [-0.1, -0.05) is 29.0 Å². The lowest BCUT2D eigenvalue weighted by molar-refractivity contribution is -0.0444. The van der Waals surface area contributed by atoms with Gasteiger partial charge >= 0.3 is 5.51 Å². The van der Waals surface area contributed by atoms with E-state index in [0.717, 1.165) is 0 Å². The fraction of sp³-hybridized carbons (Fsp3) is 0.333. The number of sulfone groups is 1. The number of hydrogen-bond acceptors (Lipinski definition) is 8. The quantitative estimate of drug-likeness (QED) is 0.668. The molecule has 0 saturated carbocycles. The number of aromatic nitrogens is 2. The van der Waals surface area contributed by atoms with Crippen LogP contribution in [0.5, 0.6) is 0 Å². The smallest absolute Gasteiger partial charge is 0.315 e. The molecular weight excluding hydrogens is 453 g/mol. The third-order valence-electron chi connectivity index (χ3n) is 3.29. The Morgan fingerprint density at radius 3 is 2.48 bits per heavy atom. The second-order valence-corrected chi connectivity index (χ2v) is 10.5. The van der Waals surface area contributed by atoms with E-state index in [2.05, 4.69) is 14.9 Å². The molecule has 0 spiro atoms. The van der Waals surface area contributed by atoms with Crippen molar-refractivity contribution in [2.75, 3.05) is 4.72 Å². The van der Waals surface area contributed by atoms with Gasteiger partial charge in [0, 0.05) is 11.4 Å². The molecule has 15 heteroatoms. The minimum atomic E-state index is -5.59. The van der Waals surface area contributed by atoms with Gasteiger partial charge in [-0.05, 0) is 24.6 Å². The molecule has 0 fully saturated rings. The van der Waals surface area contributed by atoms with Crippen molar-refractivity contribution in [1.29, 1.82) is 0 Å². The molecule has 1 aromatic carbocycles. The highest BCUT2D eigenvalue weighted by Crippen LogP contribution is 2.29. The number of nitrogens with two attached hydrogens (primary N) is 1. The second-order valence-electron chi connectivity index (χ2n) is 5.20. The SMILES string of the molecule is Cc1c(Cl)cccc1S(=O)(=O)Nc1nnc(CC(N)S(=O)(=O)C(F)(F)F)s1. The largest absolute Gasteiger partial charge is 0.498 e. The average molecular weight is 465 g/mol. The van der Waals surface area contributed by atoms with Crippen LogP contribution in [0.25, 0.3) is 0 Å². The van der Waals surface area contributed by atoms with Gasteiger partial charge in [-0.15, -0.1) is 10.2 Å². The number of rotatable bonds is 6. The Balaban J connectivity index is 2.20. The molecular formula is C12H12ClF3N4O4S3. The first-order chi connectivity index (χ1) is 12.3. The number of hydrogen-bond donors (Lipinski definition) is 2. The molecule has 0 aliphatic carbocycles. The Kier molecular flexibility index (Phi) is 6.06. The summed E-state index contributed by atoms with van der Waals surface area (Å²) in [5.41, 5.74) is -0.110. The molecule has 2 aromatic rings. The second kappa shape index (κ2) is 7.50. The highest BCUT2D eigenvalue weighted by Gasteiger charge is 2.49. The molecule has 8 nitrogen and oxygen atoms in total. The molecule has 0 aliphatic heterocycles. The Bertz CT molecular complexity index is 1050. The number of sulfonamides is 1. The van der Waals surface area contributed by atoms with Gasteiger partial charge in [0.1, 0.15) is 10.4 Å². The van der Waals surface area contributed by atoms with E-state index in [9.17, 15) is 30.0 Å². The van der Waals surface area contributed by atoms with Gasteiger partial charge in [0.15, 0.2) is 0 Å². The number of anilines is 1. The first-order valence-corrected chi connectivity index (χ1v) is 11.1. The molecule has 1 unspecified atom stereocenters. The van der Waals surface area contributed by atoms with Crippen molar-refractivity contribution in [3.8, 4) is 0 Å². The number of nitrogens with one attached hydrogen (secondary N) is 1. The van der Waals surface area contributed by atoms with E-state index in [1.807, 2.05) is 0 Å². The van der Waals surface area contributed by atoms with Crippen LogP contribution in [0.15, 0.2) is 23.1 Å². The molecule has 27 heavy (non-hydrogen) atoms. The fourth-order valence-corrected chi connectivity index (χ4v) is 5.23. The normalized spacial score (nSPS) is 14.1. The van der Waals surface area contributed by atoms with Gasteiger partial charge < -0.3 is 5.73 Å². The molecule has 0 radical (unpaired) electrons. The molecule has 1 aromatic heterocycles. The Morgan fingerprint density at radius 1 is 1.26 bits per heavy atom. The molecule has 1 heterocycles. The molecule has 0 saturated heterocycles. The lowest BCUT2D eigenvalue weighted by atomic mass is 10.2. The van der Waals surface area contributed by atoms with Crippen molar-refractivity contribution in [2.45, 2.75) is 29.1 Å². The van der Waals surface area contributed by atoms with Crippen LogP contribution in [0.3, 0.4) is 0 Å². The maximum absolute atomic E-state index is 12.5. The van der Waals surface area contributed by atoms with E-state index in [4.69, 9.17) is 17.3 Å². The summed E-state index contributed by atoms with van der Waals surface area (Å²) in [6.07, 6.45) is -0.780. The standard InChI is InChI=1S/C12H12ClF3N4O4S3/c1-6-7(13)3-2-4-8(6)27(23,24)20-11-19-18-10(25-11)5-9(17)26(21,22)12(14,15)16/h2-4,9H,5,17H2,1H3,(H,19,20). The van der Waals surface area contributed by atoms with E-state index in [1.54, 1.807) is 0 Å². The highest BCUT2D eigenvalue weighted by atomic mass is 35.5. The molecule has 0 aliphatic rings. The van der Waals surface area contributed by atoms with Gasteiger partial charge in [0.2, 0.25) is 5.13 Å². The lowest BCUT2D eigenvalue weighted by Crippen LogP contribution is -2.41. The van der Waals surface area contributed by atoms with Crippen LogP contribution in [-0.4, -0.2) is 37.9 Å². The summed E-state index contributed by atoms with van der Waals surface area (Å²) in [5, 5.41) is 4.45. The summed E-state index contributed by atoms with van der Waals surface area (Å²) in [5.74, 6) is 0. The summed E-state index contributed by atoms with van der Waals surface area (Å²) in [7, 11) is -9.68. The summed E-state index contributed by atoms with van der Waals surface area (Å²) in [6.45, 7) is 1.49. The van der Waals surface area contributed by atoms with Gasteiger partial charge in [-0.3, -0.25) is 4.72 Å². The van der Waals surface area contributed by atoms with Crippen LogP contribution in [-0.2, 0) is 26.3 Å². The zero-order chi connectivity index (χ0) is 20.6. The molecule has 3 N–H and O–H groups in total. The summed E-state index contributed by atoms with van der Waals surface area (Å²) in [6, 6.07) is 4.23. The van der Waals surface area contributed by atoms with E-state index in [-0.39, 0.29) is 25.6 Å². The highest BCUT2D eigenvalue weighted by molar-refractivity contribution is 7.93. The monoisotopic (exact) mass is 464 g/mol. The lowest BCUT2D eigenvalue weighted by Gasteiger charge is -2.13. The zero-order valence-electron chi connectivity index (χ0n) is 13.4. The fourth-order valence-electron chi connectivity index (χ4n) is 1.88. The van der Waals surface area contributed by atoms with Crippen LogP contribution in [0.1, 0.15) is 10.6 Å². The van der Waals surface area contributed by atoms with Crippen molar-refractivity contribution in [2.24, 2.45) is 5.73 Å². The van der Waals surface area contributed by atoms with Crippen LogP contribution in [0.2, 0.25) is 5.02 Å². The number of halogens is 4. The minimum Gasteiger partial charge on any atom is -0.315 e. The third kappa shape index (κ3) is 4.68.